The lowest BCUT2D eigenvalue weighted by molar-refractivity contribution is -0.122. The van der Waals surface area contributed by atoms with Crippen LogP contribution in [-0.2, 0) is 11.3 Å². The van der Waals surface area contributed by atoms with Crippen molar-refractivity contribution in [3.63, 3.8) is 0 Å². The summed E-state index contributed by atoms with van der Waals surface area (Å²) in [7, 11) is 0. The Labute approximate surface area is 186 Å². The van der Waals surface area contributed by atoms with Gasteiger partial charge in [0.15, 0.2) is 0 Å². The number of carbonyl (C=O) groups is 2. The Morgan fingerprint density at radius 1 is 1.12 bits per heavy atom. The Morgan fingerprint density at radius 2 is 1.94 bits per heavy atom. The van der Waals surface area contributed by atoms with Gasteiger partial charge in [-0.3, -0.25) is 4.79 Å². The van der Waals surface area contributed by atoms with Gasteiger partial charge < -0.3 is 9.52 Å². The van der Waals surface area contributed by atoms with E-state index >= 15 is 0 Å². The average molecular weight is 451 g/mol. The highest BCUT2D eigenvalue weighted by molar-refractivity contribution is 6.33. The minimum absolute atomic E-state index is 0.0276. The van der Waals surface area contributed by atoms with Crippen molar-refractivity contribution < 1.29 is 19.1 Å². The number of furan rings is 1. The number of halogens is 1. The van der Waals surface area contributed by atoms with Crippen molar-refractivity contribution in [2.45, 2.75) is 6.54 Å². The fourth-order valence-electron chi connectivity index (χ4n) is 2.76. The summed E-state index contributed by atoms with van der Waals surface area (Å²) in [5.74, 6) is -0.382. The van der Waals surface area contributed by atoms with Crippen molar-refractivity contribution in [2.75, 3.05) is 0 Å². The van der Waals surface area contributed by atoms with Gasteiger partial charge in [-0.05, 0) is 35.5 Å². The molecule has 2 N–H and O–H groups in total. The van der Waals surface area contributed by atoms with Gasteiger partial charge in [-0.2, -0.15) is 9.90 Å². The molecule has 11 heteroatoms. The van der Waals surface area contributed by atoms with Crippen molar-refractivity contribution in [1.82, 2.24) is 25.6 Å². The van der Waals surface area contributed by atoms with Crippen LogP contribution in [0.25, 0.3) is 22.7 Å². The summed E-state index contributed by atoms with van der Waals surface area (Å²) in [6.45, 7) is -0.163. The number of hydrogen-bond acceptors (Lipinski definition) is 7. The number of carboxylic acids is 1. The average Bonchev–Trinajstić information content (AvgIpc) is 3.44. The number of hydrogen-bond donors (Lipinski definition) is 2. The summed E-state index contributed by atoms with van der Waals surface area (Å²) < 4.78 is 5.62. The number of aromatic carboxylic acids is 1. The summed E-state index contributed by atoms with van der Waals surface area (Å²) >= 11 is 5.89. The molecule has 0 aliphatic heterocycles. The zero-order valence-corrected chi connectivity index (χ0v) is 17.1. The van der Waals surface area contributed by atoms with Crippen LogP contribution in [0.2, 0.25) is 5.02 Å². The van der Waals surface area contributed by atoms with E-state index in [1.165, 1.54) is 23.1 Å². The standard InChI is InChI=1S/C21H15ClN6O4/c22-17-8-6-14(10-16(17)21(30)31)18-9-7-15(32-18)11-23-24-19(29)12-28-26-20(25-27-28)13-4-2-1-3-5-13/h1-11H,12H2,(H,24,29)(H,30,31)/b23-11+. The predicted octanol–water partition coefficient (Wildman–Crippen LogP) is 3.10. The molecule has 4 aromatic rings. The number of carboxylic acid groups (broad SMARTS) is 1. The minimum atomic E-state index is -1.13. The molecular formula is C21H15ClN6O4. The lowest BCUT2D eigenvalue weighted by atomic mass is 10.1. The molecule has 0 bridgehead atoms. The van der Waals surface area contributed by atoms with E-state index in [1.54, 1.807) is 18.2 Å². The monoisotopic (exact) mass is 450 g/mol. The first-order valence-corrected chi connectivity index (χ1v) is 9.65. The molecule has 4 rings (SSSR count). The number of rotatable bonds is 7. The van der Waals surface area contributed by atoms with Gasteiger partial charge >= 0.3 is 5.97 Å². The Morgan fingerprint density at radius 3 is 2.72 bits per heavy atom. The first kappa shape index (κ1) is 20.9. The fraction of sp³-hybridized carbons (Fsp3) is 0.0476. The van der Waals surface area contributed by atoms with Gasteiger partial charge in [-0.1, -0.05) is 41.9 Å². The van der Waals surface area contributed by atoms with Gasteiger partial charge in [0.25, 0.3) is 5.91 Å². The van der Waals surface area contributed by atoms with Crippen LogP contribution >= 0.6 is 11.6 Å². The first-order chi connectivity index (χ1) is 15.5. The highest BCUT2D eigenvalue weighted by Gasteiger charge is 2.12. The van der Waals surface area contributed by atoms with Crippen LogP contribution in [0.4, 0.5) is 0 Å². The molecule has 0 radical (unpaired) electrons. The number of carbonyl (C=O) groups excluding carboxylic acids is 1. The number of benzene rings is 2. The second kappa shape index (κ2) is 9.23. The number of aromatic nitrogens is 4. The maximum atomic E-state index is 12.1. The van der Waals surface area contributed by atoms with Gasteiger partial charge in [0.05, 0.1) is 16.8 Å². The second-order valence-electron chi connectivity index (χ2n) is 6.50. The summed E-state index contributed by atoms with van der Waals surface area (Å²) in [4.78, 5) is 24.5. The van der Waals surface area contributed by atoms with E-state index in [-0.39, 0.29) is 17.1 Å². The maximum absolute atomic E-state index is 12.1. The van der Waals surface area contributed by atoms with Crippen LogP contribution in [0.3, 0.4) is 0 Å². The van der Waals surface area contributed by atoms with Gasteiger partial charge in [-0.25, -0.2) is 10.2 Å². The van der Waals surface area contributed by atoms with E-state index in [0.29, 0.717) is 22.9 Å². The van der Waals surface area contributed by atoms with Crippen molar-refractivity contribution in [3.05, 3.63) is 77.0 Å². The van der Waals surface area contributed by atoms with Crippen molar-refractivity contribution in [1.29, 1.82) is 0 Å². The summed E-state index contributed by atoms with van der Waals surface area (Å²) in [6.07, 6.45) is 1.32. The highest BCUT2D eigenvalue weighted by atomic mass is 35.5. The molecule has 2 aromatic heterocycles. The van der Waals surface area contributed by atoms with E-state index in [4.69, 9.17) is 16.0 Å². The third kappa shape index (κ3) is 4.87. The van der Waals surface area contributed by atoms with Gasteiger partial charge in [0, 0.05) is 11.1 Å². The molecule has 0 spiro atoms. The van der Waals surface area contributed by atoms with E-state index in [0.717, 1.165) is 5.56 Å². The Balaban J connectivity index is 1.35. The zero-order chi connectivity index (χ0) is 22.5. The van der Waals surface area contributed by atoms with Gasteiger partial charge in [-0.15, -0.1) is 10.2 Å². The lowest BCUT2D eigenvalue weighted by Crippen LogP contribution is -2.24. The fourth-order valence-corrected chi connectivity index (χ4v) is 2.96. The quantitative estimate of drug-likeness (QED) is 0.326. The summed E-state index contributed by atoms with van der Waals surface area (Å²) in [6, 6.07) is 17.1. The number of tetrazole rings is 1. The molecule has 0 unspecified atom stereocenters. The van der Waals surface area contributed by atoms with Crippen LogP contribution in [0, 0.1) is 0 Å². The predicted molar refractivity (Wildman–Crippen MR) is 115 cm³/mol. The Bertz CT molecular complexity index is 1300. The SMILES string of the molecule is O=C(Cn1nnc(-c2ccccc2)n1)N/N=C/c1ccc(-c2ccc(Cl)c(C(=O)O)c2)o1. The minimum Gasteiger partial charge on any atom is -0.478 e. The maximum Gasteiger partial charge on any atom is 0.337 e. The lowest BCUT2D eigenvalue weighted by Gasteiger charge is -2.02. The van der Waals surface area contributed by atoms with Crippen LogP contribution in [0.5, 0.6) is 0 Å². The van der Waals surface area contributed by atoms with Gasteiger partial charge in [0.1, 0.15) is 18.1 Å². The molecule has 0 saturated carbocycles. The third-order valence-electron chi connectivity index (χ3n) is 4.26. The molecular weight excluding hydrogens is 436 g/mol. The Kier molecular flexibility index (Phi) is 6.04. The molecule has 2 heterocycles. The van der Waals surface area contributed by atoms with Gasteiger partial charge in [0.2, 0.25) is 5.82 Å². The van der Waals surface area contributed by atoms with E-state index in [1.807, 2.05) is 30.3 Å². The van der Waals surface area contributed by atoms with Crippen molar-refractivity contribution >= 4 is 29.7 Å². The molecule has 1 amide bonds. The first-order valence-electron chi connectivity index (χ1n) is 9.28. The normalized spacial score (nSPS) is 11.0. The molecule has 0 saturated heterocycles. The smallest absolute Gasteiger partial charge is 0.337 e. The van der Waals surface area contributed by atoms with Crippen LogP contribution in [0.15, 0.2) is 70.2 Å². The van der Waals surface area contributed by atoms with Crippen molar-refractivity contribution in [3.8, 4) is 22.7 Å². The van der Waals surface area contributed by atoms with E-state index in [2.05, 4.69) is 25.9 Å². The zero-order valence-electron chi connectivity index (χ0n) is 16.3. The molecule has 0 aliphatic rings. The number of nitrogens with zero attached hydrogens (tertiary/aromatic N) is 5. The largest absolute Gasteiger partial charge is 0.478 e. The van der Waals surface area contributed by atoms with Crippen LogP contribution < -0.4 is 5.43 Å². The van der Waals surface area contributed by atoms with E-state index in [9.17, 15) is 14.7 Å². The molecule has 0 aliphatic carbocycles. The molecule has 32 heavy (non-hydrogen) atoms. The number of amides is 1. The van der Waals surface area contributed by atoms with Crippen LogP contribution in [0.1, 0.15) is 16.1 Å². The van der Waals surface area contributed by atoms with E-state index < -0.39 is 11.9 Å². The number of hydrazone groups is 1. The Hall–Kier alpha value is -4.31. The molecule has 0 atom stereocenters. The van der Waals surface area contributed by atoms with Crippen LogP contribution in [-0.4, -0.2) is 43.4 Å². The molecule has 0 fully saturated rings. The third-order valence-corrected chi connectivity index (χ3v) is 4.59. The number of nitrogens with one attached hydrogen (secondary N) is 1. The highest BCUT2D eigenvalue weighted by Crippen LogP contribution is 2.26. The molecule has 2 aromatic carbocycles. The topological polar surface area (TPSA) is 136 Å². The molecule has 160 valence electrons. The molecule has 10 nitrogen and oxygen atoms in total. The summed E-state index contributed by atoms with van der Waals surface area (Å²) in [5, 5.41) is 25.1. The van der Waals surface area contributed by atoms with Crippen molar-refractivity contribution in [2.24, 2.45) is 5.10 Å². The second-order valence-corrected chi connectivity index (χ2v) is 6.91. The summed E-state index contributed by atoms with van der Waals surface area (Å²) in [5.41, 5.74) is 3.67.